The van der Waals surface area contributed by atoms with Gasteiger partial charge >= 0.3 is 0 Å². The Morgan fingerprint density at radius 2 is 1.88 bits per heavy atom. The quantitative estimate of drug-likeness (QED) is 0.242. The second-order valence-electron chi connectivity index (χ2n) is 7.55. The first-order valence-electron chi connectivity index (χ1n) is 10.6. The summed E-state index contributed by atoms with van der Waals surface area (Å²) in [6.07, 6.45) is 1.48. The Kier molecular flexibility index (Phi) is 8.75. The Balaban J connectivity index is 1.86. The third-order valence-electron chi connectivity index (χ3n) is 5.16. The van der Waals surface area contributed by atoms with Crippen LogP contribution in [0.4, 0.5) is 5.69 Å². The van der Waals surface area contributed by atoms with Crippen molar-refractivity contribution in [1.29, 1.82) is 5.26 Å². The van der Waals surface area contributed by atoms with Gasteiger partial charge in [0.15, 0.2) is 11.5 Å². The van der Waals surface area contributed by atoms with E-state index in [1.54, 1.807) is 18.2 Å². The predicted molar refractivity (Wildman–Crippen MR) is 139 cm³/mol. The van der Waals surface area contributed by atoms with Crippen LogP contribution >= 0.6 is 27.5 Å². The number of benzene rings is 3. The molecule has 0 fully saturated rings. The topological polar surface area (TPSA) is 71.3 Å². The number of anilines is 1. The highest BCUT2D eigenvalue weighted by Crippen LogP contribution is 2.38. The van der Waals surface area contributed by atoms with E-state index in [9.17, 15) is 10.1 Å². The van der Waals surface area contributed by atoms with Gasteiger partial charge in [-0.1, -0.05) is 51.8 Å². The van der Waals surface area contributed by atoms with Crippen LogP contribution in [0, 0.1) is 25.2 Å². The first kappa shape index (κ1) is 25.4. The zero-order valence-electron chi connectivity index (χ0n) is 19.1. The number of hydrogen-bond donors (Lipinski definition) is 1. The predicted octanol–water partition coefficient (Wildman–Crippen LogP) is 7.24. The lowest BCUT2D eigenvalue weighted by Gasteiger charge is -2.15. The van der Waals surface area contributed by atoms with E-state index in [-0.39, 0.29) is 5.57 Å². The van der Waals surface area contributed by atoms with Crippen LogP contribution in [0.1, 0.15) is 29.2 Å². The number of halogens is 2. The molecule has 5 nitrogen and oxygen atoms in total. The lowest BCUT2D eigenvalue weighted by Crippen LogP contribution is -2.14. The normalized spacial score (nSPS) is 11.0. The first-order valence-corrected chi connectivity index (χ1v) is 11.8. The molecule has 1 amide bonds. The summed E-state index contributed by atoms with van der Waals surface area (Å²) < 4.78 is 12.7. The van der Waals surface area contributed by atoms with E-state index in [2.05, 4.69) is 21.2 Å². The highest BCUT2D eigenvalue weighted by atomic mass is 79.9. The second-order valence-corrected chi connectivity index (χ2v) is 8.87. The summed E-state index contributed by atoms with van der Waals surface area (Å²) >= 11 is 9.93. The van der Waals surface area contributed by atoms with Gasteiger partial charge in [-0.3, -0.25) is 4.79 Å². The van der Waals surface area contributed by atoms with Crippen LogP contribution in [0.25, 0.3) is 6.08 Å². The lowest BCUT2D eigenvalue weighted by molar-refractivity contribution is -0.112. The van der Waals surface area contributed by atoms with Gasteiger partial charge in [0.1, 0.15) is 18.2 Å². The average Bonchev–Trinajstić information content (AvgIpc) is 2.81. The molecular weight excluding hydrogens is 516 g/mol. The van der Waals surface area contributed by atoms with Crippen molar-refractivity contribution in [2.45, 2.75) is 27.4 Å². The van der Waals surface area contributed by atoms with Crippen molar-refractivity contribution >= 4 is 45.2 Å². The maximum Gasteiger partial charge on any atom is 0.266 e. The minimum absolute atomic E-state index is 0.0528. The molecule has 0 aliphatic rings. The molecule has 0 aromatic heterocycles. The Morgan fingerprint density at radius 1 is 1.15 bits per heavy atom. The van der Waals surface area contributed by atoms with Crippen LogP contribution in [-0.2, 0) is 11.4 Å². The number of ether oxygens (including phenoxy) is 2. The number of rotatable bonds is 8. The van der Waals surface area contributed by atoms with Gasteiger partial charge in [0.25, 0.3) is 5.91 Å². The third kappa shape index (κ3) is 6.40. The zero-order valence-corrected chi connectivity index (χ0v) is 21.5. The van der Waals surface area contributed by atoms with Crippen molar-refractivity contribution < 1.29 is 14.3 Å². The minimum Gasteiger partial charge on any atom is -0.490 e. The number of nitriles is 1. The van der Waals surface area contributed by atoms with Gasteiger partial charge in [0, 0.05) is 10.2 Å². The van der Waals surface area contributed by atoms with Crippen molar-refractivity contribution in [3.05, 3.63) is 91.9 Å². The highest BCUT2D eigenvalue weighted by molar-refractivity contribution is 9.10. The summed E-state index contributed by atoms with van der Waals surface area (Å²) in [5.74, 6) is 0.341. The molecule has 0 aliphatic heterocycles. The van der Waals surface area contributed by atoms with Crippen LogP contribution < -0.4 is 14.8 Å². The largest absolute Gasteiger partial charge is 0.490 e. The molecule has 7 heteroatoms. The molecule has 0 heterocycles. The molecule has 0 atom stereocenters. The number of nitrogens with zero attached hydrogens (tertiary/aromatic N) is 1. The molecule has 1 N–H and O–H groups in total. The number of aryl methyl sites for hydroxylation is 1. The van der Waals surface area contributed by atoms with Gasteiger partial charge < -0.3 is 14.8 Å². The lowest BCUT2D eigenvalue weighted by atomic mass is 10.1. The standard InChI is InChI=1S/C27H24BrClN2O3/c1-4-33-25-14-20(13-23(29)26(25)34-16-19-8-10-22(28)11-9-19)12-21(15-30)27(32)31-24-7-5-6-17(2)18(24)3/h5-14H,4,16H2,1-3H3,(H,31,32)/b21-12+. The molecule has 0 bridgehead atoms. The van der Waals surface area contributed by atoms with E-state index in [1.807, 2.05) is 63.2 Å². The van der Waals surface area contributed by atoms with Crippen LogP contribution in [0.5, 0.6) is 11.5 Å². The van der Waals surface area contributed by atoms with E-state index >= 15 is 0 Å². The van der Waals surface area contributed by atoms with Gasteiger partial charge in [-0.25, -0.2) is 0 Å². The Labute approximate surface area is 213 Å². The fourth-order valence-corrected chi connectivity index (χ4v) is 3.74. The van der Waals surface area contributed by atoms with Crippen molar-refractivity contribution in [2.75, 3.05) is 11.9 Å². The average molecular weight is 540 g/mol. The van der Waals surface area contributed by atoms with Gasteiger partial charge in [0.2, 0.25) is 0 Å². The van der Waals surface area contributed by atoms with Crippen LogP contribution in [0.2, 0.25) is 5.02 Å². The number of carbonyl (C=O) groups excluding carboxylic acids is 1. The van der Waals surface area contributed by atoms with E-state index in [4.69, 9.17) is 21.1 Å². The van der Waals surface area contributed by atoms with Gasteiger partial charge in [-0.05, 0) is 79.4 Å². The summed E-state index contributed by atoms with van der Waals surface area (Å²) in [7, 11) is 0. The number of hydrogen-bond acceptors (Lipinski definition) is 4. The number of nitrogens with one attached hydrogen (secondary N) is 1. The Hall–Kier alpha value is -3.27. The SMILES string of the molecule is CCOc1cc(/C=C(\C#N)C(=O)Nc2cccc(C)c2C)cc(Cl)c1OCc1ccc(Br)cc1. The molecule has 0 aliphatic carbocycles. The fraction of sp³-hybridized carbons (Fsp3) is 0.185. The van der Waals surface area contributed by atoms with E-state index < -0.39 is 5.91 Å². The summed E-state index contributed by atoms with van der Waals surface area (Å²) in [4.78, 5) is 12.8. The molecule has 34 heavy (non-hydrogen) atoms. The van der Waals surface area contributed by atoms with Gasteiger partial charge in [-0.15, -0.1) is 0 Å². The smallest absolute Gasteiger partial charge is 0.266 e. The van der Waals surface area contributed by atoms with Crippen molar-refractivity contribution in [1.82, 2.24) is 0 Å². The van der Waals surface area contributed by atoms with Gasteiger partial charge in [0.05, 0.1) is 11.6 Å². The summed E-state index contributed by atoms with van der Waals surface area (Å²) in [5.41, 5.74) is 4.13. The minimum atomic E-state index is -0.499. The third-order valence-corrected chi connectivity index (χ3v) is 5.97. The molecule has 0 unspecified atom stereocenters. The Morgan fingerprint density at radius 3 is 2.56 bits per heavy atom. The summed E-state index contributed by atoms with van der Waals surface area (Å²) in [6, 6.07) is 18.7. The molecule has 3 rings (SSSR count). The van der Waals surface area contributed by atoms with Crippen molar-refractivity contribution in [2.24, 2.45) is 0 Å². The Bertz CT molecular complexity index is 1260. The summed E-state index contributed by atoms with van der Waals surface area (Å²) in [5, 5.41) is 12.7. The molecule has 3 aromatic carbocycles. The molecule has 3 aromatic rings. The van der Waals surface area contributed by atoms with E-state index in [0.29, 0.717) is 41.0 Å². The van der Waals surface area contributed by atoms with Crippen LogP contribution in [0.15, 0.2) is 64.6 Å². The maximum absolute atomic E-state index is 12.8. The molecular formula is C27H24BrClN2O3. The van der Waals surface area contributed by atoms with E-state index in [0.717, 1.165) is 21.2 Å². The number of amides is 1. The maximum atomic E-state index is 12.8. The van der Waals surface area contributed by atoms with E-state index in [1.165, 1.54) is 6.08 Å². The van der Waals surface area contributed by atoms with Crippen LogP contribution in [0.3, 0.4) is 0 Å². The summed E-state index contributed by atoms with van der Waals surface area (Å²) in [6.45, 7) is 6.44. The van der Waals surface area contributed by atoms with Crippen LogP contribution in [-0.4, -0.2) is 12.5 Å². The van der Waals surface area contributed by atoms with Gasteiger partial charge in [-0.2, -0.15) is 5.26 Å². The fourth-order valence-electron chi connectivity index (χ4n) is 3.20. The number of carbonyl (C=O) groups is 1. The second kappa shape index (κ2) is 11.7. The first-order chi connectivity index (χ1) is 16.3. The zero-order chi connectivity index (χ0) is 24.7. The molecule has 0 radical (unpaired) electrons. The highest BCUT2D eigenvalue weighted by Gasteiger charge is 2.15. The van der Waals surface area contributed by atoms with Crippen molar-refractivity contribution in [3.63, 3.8) is 0 Å². The molecule has 0 spiro atoms. The molecule has 0 saturated carbocycles. The molecule has 174 valence electrons. The molecule has 0 saturated heterocycles. The van der Waals surface area contributed by atoms with Crippen molar-refractivity contribution in [3.8, 4) is 17.6 Å². The monoisotopic (exact) mass is 538 g/mol.